The number of ether oxygens (including phenoxy) is 1. The lowest BCUT2D eigenvalue weighted by Crippen LogP contribution is -2.03. The van der Waals surface area contributed by atoms with E-state index >= 15 is 0 Å². The van der Waals surface area contributed by atoms with Crippen molar-refractivity contribution in [3.05, 3.63) is 52.1 Å². The molecule has 0 saturated heterocycles. The maximum atomic E-state index is 11.6. The molecule has 0 N–H and O–H groups in total. The Morgan fingerprint density at radius 1 is 1.24 bits per heavy atom. The lowest BCUT2D eigenvalue weighted by molar-refractivity contribution is -0.383. The Morgan fingerprint density at radius 3 is 2.47 bits per heavy atom. The molecule has 5 nitrogen and oxygen atoms in total. The van der Waals surface area contributed by atoms with Gasteiger partial charge >= 0.3 is 5.97 Å². The van der Waals surface area contributed by atoms with Gasteiger partial charge in [0.25, 0.3) is 5.69 Å². The molecule has 0 aromatic heterocycles. The number of hydrogen-bond acceptors (Lipinski definition) is 4. The highest BCUT2D eigenvalue weighted by molar-refractivity contribution is 6.08. The number of nitro benzene ring substituents is 1. The standard InChI is InChI=1S/C12H9NO4/c1-17-12(14)9-6-2-4-8-5-3-7-10(11(8)9)13(15)16/h2-7H,1H3. The number of nitro groups is 1. The van der Waals surface area contributed by atoms with Crippen molar-refractivity contribution >= 4 is 22.4 Å². The minimum atomic E-state index is -0.579. The molecule has 2 aromatic rings. The van der Waals surface area contributed by atoms with Crippen LogP contribution in [-0.4, -0.2) is 18.0 Å². The number of rotatable bonds is 2. The lowest BCUT2D eigenvalue weighted by atomic mass is 10.0. The van der Waals surface area contributed by atoms with Gasteiger partial charge in [0, 0.05) is 6.07 Å². The third kappa shape index (κ3) is 1.82. The largest absolute Gasteiger partial charge is 0.465 e. The van der Waals surface area contributed by atoms with Gasteiger partial charge in [0.05, 0.1) is 23.0 Å². The van der Waals surface area contributed by atoms with Gasteiger partial charge in [0.1, 0.15) is 0 Å². The van der Waals surface area contributed by atoms with Gasteiger partial charge < -0.3 is 4.74 Å². The second-order valence-electron chi connectivity index (χ2n) is 3.43. The van der Waals surface area contributed by atoms with Gasteiger partial charge in [0.2, 0.25) is 0 Å². The van der Waals surface area contributed by atoms with Gasteiger partial charge in [-0.25, -0.2) is 4.79 Å². The molecule has 2 aromatic carbocycles. The van der Waals surface area contributed by atoms with Crippen molar-refractivity contribution in [2.75, 3.05) is 7.11 Å². The molecule has 0 heterocycles. The number of carbonyl (C=O) groups is 1. The Morgan fingerprint density at radius 2 is 1.88 bits per heavy atom. The number of methoxy groups -OCH3 is 1. The molecule has 5 heteroatoms. The number of benzene rings is 2. The Kier molecular flexibility index (Phi) is 2.74. The molecule has 0 radical (unpaired) electrons. The van der Waals surface area contributed by atoms with E-state index in [1.807, 2.05) is 0 Å². The Bertz CT molecular complexity index is 601. The molecule has 0 atom stereocenters. The molecule has 0 unspecified atom stereocenters. The molecule has 0 fully saturated rings. The maximum Gasteiger partial charge on any atom is 0.338 e. The SMILES string of the molecule is COC(=O)c1cccc2cccc([N+](=O)[O-])c12. The highest BCUT2D eigenvalue weighted by Gasteiger charge is 2.18. The Balaban J connectivity index is 2.85. The van der Waals surface area contributed by atoms with Gasteiger partial charge in [0.15, 0.2) is 0 Å². The first kappa shape index (κ1) is 11.1. The van der Waals surface area contributed by atoms with Crippen LogP contribution in [0, 0.1) is 10.1 Å². The highest BCUT2D eigenvalue weighted by Crippen LogP contribution is 2.28. The summed E-state index contributed by atoms with van der Waals surface area (Å²) in [5.41, 5.74) is 0.112. The molecule has 0 aliphatic heterocycles. The molecule has 86 valence electrons. The van der Waals surface area contributed by atoms with E-state index in [9.17, 15) is 14.9 Å². The topological polar surface area (TPSA) is 69.4 Å². The zero-order chi connectivity index (χ0) is 12.4. The summed E-state index contributed by atoms with van der Waals surface area (Å²) in [6.45, 7) is 0. The molecular weight excluding hydrogens is 222 g/mol. The minimum absolute atomic E-state index is 0.0940. The van der Waals surface area contributed by atoms with Crippen LogP contribution in [0.5, 0.6) is 0 Å². The third-order valence-corrected chi connectivity index (χ3v) is 2.48. The zero-order valence-electron chi connectivity index (χ0n) is 9.04. The van der Waals surface area contributed by atoms with E-state index in [-0.39, 0.29) is 11.3 Å². The minimum Gasteiger partial charge on any atom is -0.465 e. The van der Waals surface area contributed by atoms with Crippen LogP contribution >= 0.6 is 0 Å². The molecule has 0 saturated carbocycles. The Labute approximate surface area is 96.8 Å². The number of non-ortho nitro benzene ring substituents is 1. The van der Waals surface area contributed by atoms with Crippen molar-refractivity contribution in [2.45, 2.75) is 0 Å². The van der Waals surface area contributed by atoms with Crippen molar-refractivity contribution < 1.29 is 14.5 Å². The van der Waals surface area contributed by atoms with Crippen LogP contribution in [0.25, 0.3) is 10.8 Å². The van der Waals surface area contributed by atoms with Crippen molar-refractivity contribution in [1.82, 2.24) is 0 Å². The second-order valence-corrected chi connectivity index (χ2v) is 3.43. The average Bonchev–Trinajstić information content (AvgIpc) is 2.36. The normalized spacial score (nSPS) is 10.2. The zero-order valence-corrected chi connectivity index (χ0v) is 9.04. The number of hydrogen-bond donors (Lipinski definition) is 0. The van der Waals surface area contributed by atoms with Gasteiger partial charge in [-0.1, -0.05) is 24.3 Å². The second kappa shape index (κ2) is 4.21. The van der Waals surface area contributed by atoms with E-state index < -0.39 is 10.9 Å². The highest BCUT2D eigenvalue weighted by atomic mass is 16.6. The molecule has 0 amide bonds. The molecular formula is C12H9NO4. The van der Waals surface area contributed by atoms with E-state index in [1.165, 1.54) is 19.2 Å². The predicted octanol–water partition coefficient (Wildman–Crippen LogP) is 2.53. The summed E-state index contributed by atoms with van der Waals surface area (Å²) in [5, 5.41) is 11.9. The van der Waals surface area contributed by atoms with Gasteiger partial charge in [-0.2, -0.15) is 0 Å². The average molecular weight is 231 g/mol. The third-order valence-electron chi connectivity index (χ3n) is 2.48. The molecule has 17 heavy (non-hydrogen) atoms. The van der Waals surface area contributed by atoms with Crippen LogP contribution in [0.4, 0.5) is 5.69 Å². The summed E-state index contributed by atoms with van der Waals surface area (Å²) in [7, 11) is 1.25. The summed E-state index contributed by atoms with van der Waals surface area (Å²) in [4.78, 5) is 22.0. The number of carbonyl (C=O) groups excluding carboxylic acids is 1. The lowest BCUT2D eigenvalue weighted by Gasteiger charge is -2.04. The fourth-order valence-electron chi connectivity index (χ4n) is 1.75. The van der Waals surface area contributed by atoms with Crippen LogP contribution in [0.3, 0.4) is 0 Å². The molecule has 2 rings (SSSR count). The number of esters is 1. The van der Waals surface area contributed by atoms with Gasteiger partial charge in [-0.15, -0.1) is 0 Å². The fourth-order valence-corrected chi connectivity index (χ4v) is 1.75. The summed E-state index contributed by atoms with van der Waals surface area (Å²) in [5.74, 6) is -0.579. The molecule has 0 aliphatic carbocycles. The van der Waals surface area contributed by atoms with E-state index in [0.29, 0.717) is 10.8 Å². The van der Waals surface area contributed by atoms with E-state index in [1.54, 1.807) is 24.3 Å². The Hall–Kier alpha value is -2.43. The van der Waals surface area contributed by atoms with E-state index in [0.717, 1.165) is 0 Å². The summed E-state index contributed by atoms with van der Waals surface area (Å²) in [6.07, 6.45) is 0. The molecule has 0 spiro atoms. The summed E-state index contributed by atoms with van der Waals surface area (Å²) in [6, 6.07) is 9.57. The first-order chi connectivity index (χ1) is 8.15. The van der Waals surface area contributed by atoms with Crippen LogP contribution < -0.4 is 0 Å². The maximum absolute atomic E-state index is 11.6. The van der Waals surface area contributed by atoms with Crippen LogP contribution in [0.2, 0.25) is 0 Å². The summed E-state index contributed by atoms with van der Waals surface area (Å²) >= 11 is 0. The van der Waals surface area contributed by atoms with Gasteiger partial charge in [-0.05, 0) is 11.5 Å². The van der Waals surface area contributed by atoms with Crippen LogP contribution in [-0.2, 0) is 4.74 Å². The molecule has 0 bridgehead atoms. The number of fused-ring (bicyclic) bond motifs is 1. The van der Waals surface area contributed by atoms with Crippen molar-refractivity contribution in [3.63, 3.8) is 0 Å². The van der Waals surface area contributed by atoms with E-state index in [2.05, 4.69) is 4.74 Å². The first-order valence-corrected chi connectivity index (χ1v) is 4.89. The van der Waals surface area contributed by atoms with Crippen molar-refractivity contribution in [2.24, 2.45) is 0 Å². The van der Waals surface area contributed by atoms with E-state index in [4.69, 9.17) is 0 Å². The summed E-state index contributed by atoms with van der Waals surface area (Å²) < 4.78 is 4.62. The van der Waals surface area contributed by atoms with Crippen LogP contribution in [0.15, 0.2) is 36.4 Å². The monoisotopic (exact) mass is 231 g/mol. The first-order valence-electron chi connectivity index (χ1n) is 4.89. The fraction of sp³-hybridized carbons (Fsp3) is 0.0833. The smallest absolute Gasteiger partial charge is 0.338 e. The van der Waals surface area contributed by atoms with Gasteiger partial charge in [-0.3, -0.25) is 10.1 Å². The molecule has 0 aliphatic rings. The van der Waals surface area contributed by atoms with Crippen molar-refractivity contribution in [3.8, 4) is 0 Å². The van der Waals surface area contributed by atoms with Crippen LogP contribution in [0.1, 0.15) is 10.4 Å². The predicted molar refractivity (Wildman–Crippen MR) is 61.9 cm³/mol. The number of nitrogens with zero attached hydrogens (tertiary/aromatic N) is 1. The van der Waals surface area contributed by atoms with Crippen molar-refractivity contribution in [1.29, 1.82) is 0 Å². The quantitative estimate of drug-likeness (QED) is 0.452.